The molecule has 2 aromatic carbocycles. The topological polar surface area (TPSA) is 93.0 Å². The maximum Gasteiger partial charge on any atom is 0.260 e. The van der Waals surface area contributed by atoms with Crippen LogP contribution in [0.4, 0.5) is 5.69 Å². The molecule has 0 bridgehead atoms. The van der Waals surface area contributed by atoms with Crippen LogP contribution in [0.3, 0.4) is 0 Å². The minimum atomic E-state index is -3.83. The Kier molecular flexibility index (Phi) is 8.38. The van der Waals surface area contributed by atoms with Crippen molar-refractivity contribution in [1.82, 2.24) is 9.99 Å². The predicted octanol–water partition coefficient (Wildman–Crippen LogP) is 4.98. The Morgan fingerprint density at radius 2 is 1.83 bits per heavy atom. The molecule has 0 atom stereocenters. The summed E-state index contributed by atoms with van der Waals surface area (Å²) in [5.41, 5.74) is 5.88. The molecule has 35 heavy (non-hydrogen) atoms. The van der Waals surface area contributed by atoms with Gasteiger partial charge < -0.3 is 9.30 Å². The third-order valence-corrected chi connectivity index (χ3v) is 7.22. The number of halogens is 3. The van der Waals surface area contributed by atoms with Gasteiger partial charge in [0.2, 0.25) is 10.0 Å². The number of carbonyl (C=O) groups is 1. The molecule has 1 N–H and O–H groups in total. The van der Waals surface area contributed by atoms with Gasteiger partial charge in [0.1, 0.15) is 12.3 Å². The zero-order chi connectivity index (χ0) is 25.9. The third-order valence-electron chi connectivity index (χ3n) is 5.12. The van der Waals surface area contributed by atoms with Gasteiger partial charge in [-0.2, -0.15) is 5.10 Å². The molecule has 0 fully saturated rings. The molecule has 3 aromatic rings. The van der Waals surface area contributed by atoms with Crippen molar-refractivity contribution < 1.29 is 17.9 Å². The summed E-state index contributed by atoms with van der Waals surface area (Å²) < 4.78 is 32.9. The van der Waals surface area contributed by atoms with E-state index >= 15 is 0 Å². The van der Waals surface area contributed by atoms with Crippen molar-refractivity contribution in [3.63, 3.8) is 0 Å². The number of aryl methyl sites for hydroxylation is 1. The van der Waals surface area contributed by atoms with E-state index < -0.39 is 22.5 Å². The Balaban J connectivity index is 1.79. The summed E-state index contributed by atoms with van der Waals surface area (Å²) in [5, 5.41) is 5.20. The lowest BCUT2D eigenvalue weighted by atomic mass is 10.2. The Morgan fingerprint density at radius 3 is 2.46 bits per heavy atom. The third kappa shape index (κ3) is 6.29. The molecule has 0 aliphatic carbocycles. The second-order valence-corrected chi connectivity index (χ2v) is 10.8. The number of hydrogen-bond donors (Lipinski definition) is 1. The van der Waals surface area contributed by atoms with Crippen LogP contribution in [0.5, 0.6) is 5.75 Å². The van der Waals surface area contributed by atoms with E-state index in [1.165, 1.54) is 25.5 Å². The van der Waals surface area contributed by atoms with Crippen molar-refractivity contribution in [2.75, 3.05) is 24.2 Å². The average molecular weight is 558 g/mol. The van der Waals surface area contributed by atoms with E-state index in [4.69, 9.17) is 39.5 Å². The van der Waals surface area contributed by atoms with Gasteiger partial charge in [0.15, 0.2) is 0 Å². The van der Waals surface area contributed by atoms with Crippen molar-refractivity contribution in [3.05, 3.63) is 74.5 Å². The number of methoxy groups -OCH3 is 1. The highest BCUT2D eigenvalue weighted by atomic mass is 35.5. The van der Waals surface area contributed by atoms with Crippen molar-refractivity contribution in [3.8, 4) is 11.4 Å². The van der Waals surface area contributed by atoms with Gasteiger partial charge in [0.25, 0.3) is 5.91 Å². The highest BCUT2D eigenvalue weighted by Gasteiger charge is 2.24. The van der Waals surface area contributed by atoms with Gasteiger partial charge in [0, 0.05) is 27.7 Å². The zero-order valence-electron chi connectivity index (χ0n) is 19.3. The molecule has 12 heteroatoms. The molecular formula is C23H23Cl3N4O4S. The lowest BCUT2D eigenvalue weighted by Crippen LogP contribution is -2.39. The first-order valence-electron chi connectivity index (χ1n) is 10.2. The number of rotatable bonds is 8. The van der Waals surface area contributed by atoms with Gasteiger partial charge in [-0.25, -0.2) is 13.8 Å². The SMILES string of the molecule is COc1ccc(Cl)cc1N(CC(=O)N/N=C\c1cc(C)n(-c2ccc(Cl)c(Cl)c2)c1C)S(C)(=O)=O. The summed E-state index contributed by atoms with van der Waals surface area (Å²) in [4.78, 5) is 12.6. The van der Waals surface area contributed by atoms with Crippen molar-refractivity contribution in [2.24, 2.45) is 5.10 Å². The Hall–Kier alpha value is -2.72. The van der Waals surface area contributed by atoms with Crippen LogP contribution in [0.2, 0.25) is 15.1 Å². The molecule has 0 saturated heterocycles. The number of nitrogens with zero attached hydrogens (tertiary/aromatic N) is 3. The number of amides is 1. The largest absolute Gasteiger partial charge is 0.495 e. The number of aromatic nitrogens is 1. The fraction of sp³-hybridized carbons (Fsp3) is 0.217. The number of sulfonamides is 1. The molecule has 186 valence electrons. The van der Waals surface area contributed by atoms with Gasteiger partial charge >= 0.3 is 0 Å². The van der Waals surface area contributed by atoms with Crippen LogP contribution in [0, 0.1) is 13.8 Å². The smallest absolute Gasteiger partial charge is 0.260 e. The quantitative estimate of drug-likeness (QED) is 0.312. The van der Waals surface area contributed by atoms with Crippen LogP contribution in [0.25, 0.3) is 5.69 Å². The van der Waals surface area contributed by atoms with Crippen LogP contribution in [-0.4, -0.2) is 45.0 Å². The summed E-state index contributed by atoms with van der Waals surface area (Å²) >= 11 is 18.2. The monoisotopic (exact) mass is 556 g/mol. The Labute approximate surface area is 219 Å². The van der Waals surface area contributed by atoms with Crippen LogP contribution in [-0.2, 0) is 14.8 Å². The van der Waals surface area contributed by atoms with E-state index in [2.05, 4.69) is 10.5 Å². The van der Waals surface area contributed by atoms with Crippen molar-refractivity contribution in [2.45, 2.75) is 13.8 Å². The minimum Gasteiger partial charge on any atom is -0.495 e. The van der Waals surface area contributed by atoms with Gasteiger partial charge in [-0.1, -0.05) is 34.8 Å². The molecule has 1 heterocycles. The second kappa shape index (κ2) is 10.9. The standard InChI is InChI=1S/C23H23Cl3N4O4S/c1-14-9-16(15(2)30(14)18-6-7-19(25)20(26)11-18)12-27-28-23(31)13-29(35(4,32)33)21-10-17(24)5-8-22(21)34-3/h5-12H,13H2,1-4H3,(H,28,31)/b27-12-. The number of ether oxygens (including phenoxy) is 1. The van der Waals surface area contributed by atoms with Gasteiger partial charge in [-0.15, -0.1) is 0 Å². The fourth-order valence-corrected chi connectivity index (χ4v) is 4.83. The highest BCUT2D eigenvalue weighted by Crippen LogP contribution is 2.32. The van der Waals surface area contributed by atoms with Crippen LogP contribution in [0.1, 0.15) is 17.0 Å². The summed E-state index contributed by atoms with van der Waals surface area (Å²) in [6.45, 7) is 3.30. The number of hydrazone groups is 1. The first kappa shape index (κ1) is 26.9. The molecule has 1 aromatic heterocycles. The molecular weight excluding hydrogens is 535 g/mol. The predicted molar refractivity (Wildman–Crippen MR) is 141 cm³/mol. The second-order valence-electron chi connectivity index (χ2n) is 7.64. The lowest BCUT2D eigenvalue weighted by Gasteiger charge is -2.23. The maximum atomic E-state index is 12.6. The Bertz CT molecular complexity index is 1400. The van der Waals surface area contributed by atoms with E-state index in [1.807, 2.05) is 30.5 Å². The molecule has 0 aliphatic rings. The first-order valence-corrected chi connectivity index (χ1v) is 13.2. The van der Waals surface area contributed by atoms with Gasteiger partial charge in [-0.05, 0) is 56.3 Å². The number of carbonyl (C=O) groups excluding carboxylic acids is 1. The van der Waals surface area contributed by atoms with E-state index in [0.29, 0.717) is 15.1 Å². The van der Waals surface area contributed by atoms with Crippen molar-refractivity contribution >= 4 is 62.6 Å². The fourth-order valence-electron chi connectivity index (χ4n) is 3.52. The van der Waals surface area contributed by atoms with E-state index in [1.54, 1.807) is 18.2 Å². The molecule has 3 rings (SSSR count). The molecule has 0 spiro atoms. The van der Waals surface area contributed by atoms with E-state index in [-0.39, 0.29) is 11.4 Å². The molecule has 0 saturated carbocycles. The summed E-state index contributed by atoms with van der Waals surface area (Å²) in [6.07, 6.45) is 2.47. The zero-order valence-corrected chi connectivity index (χ0v) is 22.4. The van der Waals surface area contributed by atoms with Crippen LogP contribution < -0.4 is 14.5 Å². The summed E-state index contributed by atoms with van der Waals surface area (Å²) in [6, 6.07) is 11.7. The average Bonchev–Trinajstić information content (AvgIpc) is 3.06. The number of benzene rings is 2. The number of anilines is 1. The first-order chi connectivity index (χ1) is 16.4. The summed E-state index contributed by atoms with van der Waals surface area (Å²) in [7, 11) is -2.43. The minimum absolute atomic E-state index is 0.145. The molecule has 0 aliphatic heterocycles. The van der Waals surface area contributed by atoms with Gasteiger partial charge in [-0.3, -0.25) is 9.10 Å². The van der Waals surface area contributed by atoms with E-state index in [0.717, 1.165) is 33.2 Å². The van der Waals surface area contributed by atoms with E-state index in [9.17, 15) is 13.2 Å². The number of hydrogen-bond acceptors (Lipinski definition) is 5. The van der Waals surface area contributed by atoms with Crippen LogP contribution >= 0.6 is 34.8 Å². The molecule has 0 unspecified atom stereocenters. The molecule has 8 nitrogen and oxygen atoms in total. The molecule has 1 amide bonds. The lowest BCUT2D eigenvalue weighted by molar-refractivity contribution is -0.119. The van der Waals surface area contributed by atoms with Crippen molar-refractivity contribution in [1.29, 1.82) is 0 Å². The maximum absolute atomic E-state index is 12.6. The number of nitrogens with one attached hydrogen (secondary N) is 1. The molecule has 0 radical (unpaired) electrons. The van der Waals surface area contributed by atoms with Crippen LogP contribution in [0.15, 0.2) is 47.6 Å². The normalized spacial score (nSPS) is 11.6. The van der Waals surface area contributed by atoms with Gasteiger partial charge in [0.05, 0.1) is 35.3 Å². The highest BCUT2D eigenvalue weighted by molar-refractivity contribution is 7.92. The summed E-state index contributed by atoms with van der Waals surface area (Å²) in [5.74, 6) is -0.391. The Morgan fingerprint density at radius 1 is 1.11 bits per heavy atom.